The van der Waals surface area contributed by atoms with Crippen LogP contribution in [0.3, 0.4) is 0 Å². The van der Waals surface area contributed by atoms with Gasteiger partial charge in [-0.25, -0.2) is 4.98 Å². The summed E-state index contributed by atoms with van der Waals surface area (Å²) in [5, 5.41) is 7.30. The van der Waals surface area contributed by atoms with Crippen LogP contribution >= 0.6 is 15.9 Å². The zero-order valence-corrected chi connectivity index (χ0v) is 10.6. The fourth-order valence-electron chi connectivity index (χ4n) is 1.74. The van der Waals surface area contributed by atoms with Crippen LogP contribution in [0.25, 0.3) is 11.4 Å². The van der Waals surface area contributed by atoms with Gasteiger partial charge in [0.2, 0.25) is 0 Å². The minimum Gasteiger partial charge on any atom is -0.262 e. The Bertz CT molecular complexity index is 529. The highest BCUT2D eigenvalue weighted by Gasteiger charge is 2.27. The predicted octanol–water partition coefficient (Wildman–Crippen LogP) is 3.42. The van der Waals surface area contributed by atoms with Gasteiger partial charge in [-0.2, -0.15) is 5.10 Å². The lowest BCUT2D eigenvalue weighted by Gasteiger charge is -2.00. The maximum Gasteiger partial charge on any atom is 0.182 e. The van der Waals surface area contributed by atoms with Crippen LogP contribution < -0.4 is 0 Å². The van der Waals surface area contributed by atoms with E-state index in [4.69, 9.17) is 0 Å². The van der Waals surface area contributed by atoms with Crippen molar-refractivity contribution in [2.75, 3.05) is 0 Å². The second-order valence-corrected chi connectivity index (χ2v) is 5.16. The van der Waals surface area contributed by atoms with Gasteiger partial charge in [-0.1, -0.05) is 22.0 Å². The van der Waals surface area contributed by atoms with Crippen LogP contribution in [0.1, 0.15) is 30.1 Å². The molecule has 4 heteroatoms. The average Bonchev–Trinajstić information content (AvgIpc) is 2.98. The highest BCUT2D eigenvalue weighted by molar-refractivity contribution is 9.10. The summed E-state index contributed by atoms with van der Waals surface area (Å²) >= 11 is 3.55. The number of halogens is 1. The molecule has 16 heavy (non-hydrogen) atoms. The molecule has 1 fully saturated rings. The molecule has 3 nitrogen and oxygen atoms in total. The molecule has 0 radical (unpaired) electrons. The van der Waals surface area contributed by atoms with E-state index in [0.717, 1.165) is 21.7 Å². The van der Waals surface area contributed by atoms with E-state index in [-0.39, 0.29) is 0 Å². The van der Waals surface area contributed by atoms with Gasteiger partial charge in [0, 0.05) is 16.0 Å². The molecule has 0 atom stereocenters. The number of aryl methyl sites for hydroxylation is 1. The number of benzene rings is 1. The molecular weight excluding hydrogens is 266 g/mol. The Hall–Kier alpha value is -1.16. The fraction of sp³-hybridized carbons (Fsp3) is 0.333. The van der Waals surface area contributed by atoms with Crippen LogP contribution in [-0.4, -0.2) is 15.2 Å². The lowest BCUT2D eigenvalue weighted by molar-refractivity contribution is 0.935. The molecule has 0 unspecified atom stereocenters. The van der Waals surface area contributed by atoms with E-state index in [1.165, 1.54) is 18.4 Å². The van der Waals surface area contributed by atoms with Crippen LogP contribution in [0.15, 0.2) is 22.7 Å². The maximum absolute atomic E-state index is 4.54. The summed E-state index contributed by atoms with van der Waals surface area (Å²) in [4.78, 5) is 4.54. The largest absolute Gasteiger partial charge is 0.262 e. The number of nitrogens with zero attached hydrogens (tertiary/aromatic N) is 2. The molecule has 1 aliphatic rings. The van der Waals surface area contributed by atoms with Gasteiger partial charge in [0.15, 0.2) is 5.82 Å². The van der Waals surface area contributed by atoms with Crippen molar-refractivity contribution in [1.29, 1.82) is 0 Å². The van der Waals surface area contributed by atoms with E-state index in [1.807, 2.05) is 0 Å². The third-order valence-corrected chi connectivity index (χ3v) is 3.49. The molecule has 1 aromatic heterocycles. The average molecular weight is 278 g/mol. The number of hydrogen-bond acceptors (Lipinski definition) is 2. The van der Waals surface area contributed by atoms with E-state index >= 15 is 0 Å². The molecule has 0 amide bonds. The van der Waals surface area contributed by atoms with Crippen molar-refractivity contribution in [2.45, 2.75) is 25.7 Å². The van der Waals surface area contributed by atoms with Crippen molar-refractivity contribution >= 4 is 15.9 Å². The van der Waals surface area contributed by atoms with Crippen LogP contribution in [0.5, 0.6) is 0 Å². The van der Waals surface area contributed by atoms with Gasteiger partial charge in [0.25, 0.3) is 0 Å². The van der Waals surface area contributed by atoms with Gasteiger partial charge in [0.05, 0.1) is 0 Å². The van der Waals surface area contributed by atoms with Gasteiger partial charge in [-0.3, -0.25) is 5.10 Å². The Morgan fingerprint density at radius 3 is 2.88 bits per heavy atom. The zero-order chi connectivity index (χ0) is 11.1. The molecule has 2 aromatic rings. The van der Waals surface area contributed by atoms with Gasteiger partial charge >= 0.3 is 0 Å². The van der Waals surface area contributed by atoms with Crippen LogP contribution in [0.4, 0.5) is 0 Å². The summed E-state index contributed by atoms with van der Waals surface area (Å²) in [6.07, 6.45) is 2.48. The summed E-state index contributed by atoms with van der Waals surface area (Å²) in [7, 11) is 0. The van der Waals surface area contributed by atoms with Crippen LogP contribution in [0.2, 0.25) is 0 Å². The standard InChI is InChI=1S/C12H12BrN3/c1-7-2-5-9(10(13)6-7)12-14-11(15-16-12)8-3-4-8/h2,5-6,8H,3-4H2,1H3,(H,14,15,16). The first-order valence-corrected chi connectivity index (χ1v) is 6.22. The fourth-order valence-corrected chi connectivity index (χ4v) is 2.41. The van der Waals surface area contributed by atoms with Crippen molar-refractivity contribution in [2.24, 2.45) is 0 Å². The Morgan fingerprint density at radius 2 is 2.19 bits per heavy atom. The van der Waals surface area contributed by atoms with E-state index in [9.17, 15) is 0 Å². The van der Waals surface area contributed by atoms with Crippen molar-refractivity contribution < 1.29 is 0 Å². The molecule has 1 aromatic carbocycles. The normalized spacial score (nSPS) is 15.4. The van der Waals surface area contributed by atoms with E-state index in [0.29, 0.717) is 5.92 Å². The summed E-state index contributed by atoms with van der Waals surface area (Å²) < 4.78 is 1.05. The van der Waals surface area contributed by atoms with Gasteiger partial charge < -0.3 is 0 Å². The minimum absolute atomic E-state index is 0.616. The third kappa shape index (κ3) is 1.78. The summed E-state index contributed by atoms with van der Waals surface area (Å²) in [6.45, 7) is 2.07. The highest BCUT2D eigenvalue weighted by atomic mass is 79.9. The van der Waals surface area contributed by atoms with Crippen LogP contribution in [-0.2, 0) is 0 Å². The first-order chi connectivity index (χ1) is 7.74. The highest BCUT2D eigenvalue weighted by Crippen LogP contribution is 2.38. The van der Waals surface area contributed by atoms with Crippen molar-refractivity contribution in [1.82, 2.24) is 15.2 Å². The molecule has 1 N–H and O–H groups in total. The lowest BCUT2D eigenvalue weighted by atomic mass is 10.1. The number of aromatic nitrogens is 3. The van der Waals surface area contributed by atoms with Crippen molar-refractivity contribution in [3.05, 3.63) is 34.1 Å². The Balaban J connectivity index is 2.00. The first-order valence-electron chi connectivity index (χ1n) is 5.43. The van der Waals surface area contributed by atoms with Crippen LogP contribution in [0, 0.1) is 6.92 Å². The monoisotopic (exact) mass is 277 g/mol. The third-order valence-electron chi connectivity index (χ3n) is 2.83. The number of nitrogens with one attached hydrogen (secondary N) is 1. The second kappa shape index (κ2) is 3.70. The molecule has 0 aliphatic heterocycles. The van der Waals surface area contributed by atoms with Gasteiger partial charge in [-0.15, -0.1) is 0 Å². The molecule has 0 bridgehead atoms. The van der Waals surface area contributed by atoms with Gasteiger partial charge in [-0.05, 0) is 37.5 Å². The number of H-pyrrole nitrogens is 1. The van der Waals surface area contributed by atoms with E-state index < -0.39 is 0 Å². The molecule has 1 aliphatic carbocycles. The molecule has 1 heterocycles. The number of rotatable bonds is 2. The maximum atomic E-state index is 4.54. The van der Waals surface area contributed by atoms with Gasteiger partial charge in [0.1, 0.15) is 5.82 Å². The zero-order valence-electron chi connectivity index (χ0n) is 9.00. The molecule has 0 saturated heterocycles. The number of aromatic amines is 1. The minimum atomic E-state index is 0.616. The summed E-state index contributed by atoms with van der Waals surface area (Å²) in [5.41, 5.74) is 2.28. The summed E-state index contributed by atoms with van der Waals surface area (Å²) in [5.74, 6) is 2.43. The first kappa shape index (κ1) is 10.0. The Labute approximate surface area is 102 Å². The molecule has 3 rings (SSSR count). The van der Waals surface area contributed by atoms with Crippen molar-refractivity contribution in [3.8, 4) is 11.4 Å². The number of hydrogen-bond donors (Lipinski definition) is 1. The Morgan fingerprint density at radius 1 is 1.38 bits per heavy atom. The SMILES string of the molecule is Cc1ccc(-c2n[nH]c(C3CC3)n2)c(Br)c1. The summed E-state index contributed by atoms with van der Waals surface area (Å²) in [6, 6.07) is 6.22. The predicted molar refractivity (Wildman–Crippen MR) is 66.2 cm³/mol. The smallest absolute Gasteiger partial charge is 0.182 e. The van der Waals surface area contributed by atoms with E-state index in [1.54, 1.807) is 0 Å². The second-order valence-electron chi connectivity index (χ2n) is 4.30. The molecule has 1 saturated carbocycles. The topological polar surface area (TPSA) is 41.6 Å². The molecule has 82 valence electrons. The molecular formula is C12H12BrN3. The Kier molecular flexibility index (Phi) is 2.32. The quantitative estimate of drug-likeness (QED) is 0.914. The lowest BCUT2D eigenvalue weighted by Crippen LogP contribution is -1.84. The molecule has 0 spiro atoms. The van der Waals surface area contributed by atoms with Crippen molar-refractivity contribution in [3.63, 3.8) is 0 Å². The van der Waals surface area contributed by atoms with E-state index in [2.05, 4.69) is 56.2 Å².